The van der Waals surface area contributed by atoms with Gasteiger partial charge in [0.15, 0.2) is 0 Å². The van der Waals surface area contributed by atoms with Crippen molar-refractivity contribution < 1.29 is 18.0 Å². The van der Waals surface area contributed by atoms with Crippen molar-refractivity contribution in [2.24, 2.45) is 0 Å². The van der Waals surface area contributed by atoms with Gasteiger partial charge in [-0.1, -0.05) is 6.07 Å². The van der Waals surface area contributed by atoms with Crippen LogP contribution in [0.3, 0.4) is 0 Å². The van der Waals surface area contributed by atoms with Gasteiger partial charge in [0, 0.05) is 35.2 Å². The molecule has 33 heavy (non-hydrogen) atoms. The van der Waals surface area contributed by atoms with E-state index in [-0.39, 0.29) is 12.5 Å². The summed E-state index contributed by atoms with van der Waals surface area (Å²) >= 11 is 0. The smallest absolute Gasteiger partial charge is 0.323 e. The molecule has 4 aromatic rings. The van der Waals surface area contributed by atoms with Crippen LogP contribution in [-0.2, 0) is 12.7 Å². The molecule has 1 atom stereocenters. The van der Waals surface area contributed by atoms with Gasteiger partial charge in [0.1, 0.15) is 5.82 Å². The van der Waals surface area contributed by atoms with E-state index in [0.717, 1.165) is 28.9 Å². The van der Waals surface area contributed by atoms with Crippen molar-refractivity contribution in [3.8, 4) is 0 Å². The number of aromatic nitrogens is 4. The summed E-state index contributed by atoms with van der Waals surface area (Å²) in [7, 11) is 0. The van der Waals surface area contributed by atoms with Crippen molar-refractivity contribution in [2.75, 3.05) is 0 Å². The topological polar surface area (TPSA) is 71.9 Å². The van der Waals surface area contributed by atoms with E-state index in [0.29, 0.717) is 17.1 Å². The van der Waals surface area contributed by atoms with Crippen LogP contribution < -0.4 is 0 Å². The van der Waals surface area contributed by atoms with Gasteiger partial charge >= 0.3 is 6.18 Å². The van der Waals surface area contributed by atoms with E-state index >= 15 is 0 Å². The number of nitrogens with zero attached hydrogens (tertiary/aromatic N) is 5. The second kappa shape index (κ2) is 8.93. The summed E-state index contributed by atoms with van der Waals surface area (Å²) in [5.74, 6) is 0.0926. The zero-order valence-electron chi connectivity index (χ0n) is 17.9. The van der Waals surface area contributed by atoms with E-state index in [9.17, 15) is 18.0 Å². The Balaban J connectivity index is 1.69. The minimum Gasteiger partial charge on any atom is -0.323 e. The maximum Gasteiger partial charge on any atom is 0.417 e. The fourth-order valence-corrected chi connectivity index (χ4v) is 3.44. The Morgan fingerprint density at radius 1 is 1.03 bits per heavy atom. The van der Waals surface area contributed by atoms with E-state index in [1.54, 1.807) is 43.6 Å². The molecule has 3 aromatic heterocycles. The summed E-state index contributed by atoms with van der Waals surface area (Å²) in [5.41, 5.74) is 1.52. The van der Waals surface area contributed by atoms with E-state index in [2.05, 4.69) is 19.9 Å². The van der Waals surface area contributed by atoms with Crippen LogP contribution in [0.1, 0.15) is 46.1 Å². The summed E-state index contributed by atoms with van der Waals surface area (Å²) in [6.07, 6.45) is -0.570. The molecular weight excluding hydrogens is 431 g/mol. The van der Waals surface area contributed by atoms with Crippen LogP contribution in [0.2, 0.25) is 0 Å². The average molecular weight is 451 g/mol. The van der Waals surface area contributed by atoms with E-state index in [1.165, 1.54) is 11.0 Å². The molecule has 0 spiro atoms. The molecule has 9 heteroatoms. The lowest BCUT2D eigenvalue weighted by molar-refractivity contribution is -0.137. The second-order valence-corrected chi connectivity index (χ2v) is 7.61. The van der Waals surface area contributed by atoms with Crippen molar-refractivity contribution in [3.63, 3.8) is 0 Å². The summed E-state index contributed by atoms with van der Waals surface area (Å²) in [6, 6.07) is 12.3. The molecule has 6 nitrogen and oxygen atoms in total. The number of alkyl halides is 3. The Kier molecular flexibility index (Phi) is 6.04. The van der Waals surface area contributed by atoms with Crippen LogP contribution in [-0.4, -0.2) is 30.7 Å². The zero-order chi connectivity index (χ0) is 23.6. The molecule has 0 aliphatic carbocycles. The number of carbonyl (C=O) groups excluding carboxylic acids is 1. The number of pyridine rings is 2. The van der Waals surface area contributed by atoms with E-state index in [4.69, 9.17) is 0 Å². The first-order chi connectivity index (χ1) is 15.7. The van der Waals surface area contributed by atoms with Crippen LogP contribution in [0.4, 0.5) is 13.2 Å². The van der Waals surface area contributed by atoms with Crippen molar-refractivity contribution >= 4 is 16.8 Å². The van der Waals surface area contributed by atoms with Gasteiger partial charge in [-0.2, -0.15) is 13.2 Å². The van der Waals surface area contributed by atoms with Crippen molar-refractivity contribution in [3.05, 3.63) is 95.5 Å². The predicted octanol–water partition coefficient (Wildman–Crippen LogP) is 5.15. The minimum absolute atomic E-state index is 0.0133. The lowest BCUT2D eigenvalue weighted by Crippen LogP contribution is -2.34. The highest BCUT2D eigenvalue weighted by atomic mass is 19.4. The number of amides is 1. The number of aryl methyl sites for hydroxylation is 1. The van der Waals surface area contributed by atoms with Gasteiger partial charge in [0.05, 0.1) is 29.4 Å². The van der Waals surface area contributed by atoms with E-state index < -0.39 is 17.8 Å². The minimum atomic E-state index is -4.48. The molecule has 1 amide bonds. The third-order valence-electron chi connectivity index (χ3n) is 5.25. The lowest BCUT2D eigenvalue weighted by atomic mass is 10.1. The summed E-state index contributed by atoms with van der Waals surface area (Å²) in [5, 5.41) is 0.808. The predicted molar refractivity (Wildman–Crippen MR) is 116 cm³/mol. The first-order valence-electron chi connectivity index (χ1n) is 10.2. The highest BCUT2D eigenvalue weighted by Crippen LogP contribution is 2.29. The fraction of sp³-hybridized carbons (Fsp3) is 0.208. The molecule has 0 unspecified atom stereocenters. The number of fused-ring (bicyclic) bond motifs is 1. The fourth-order valence-electron chi connectivity index (χ4n) is 3.44. The lowest BCUT2D eigenvalue weighted by Gasteiger charge is -2.28. The molecule has 0 radical (unpaired) electrons. The first kappa shape index (κ1) is 22.3. The number of hydrogen-bond acceptors (Lipinski definition) is 5. The molecular formula is C24H20F3N5O. The van der Waals surface area contributed by atoms with Crippen LogP contribution in [0.5, 0.6) is 0 Å². The van der Waals surface area contributed by atoms with Crippen LogP contribution >= 0.6 is 0 Å². The van der Waals surface area contributed by atoms with Gasteiger partial charge in [-0.05, 0) is 56.3 Å². The number of halogens is 3. The van der Waals surface area contributed by atoms with Gasteiger partial charge in [-0.3, -0.25) is 14.8 Å². The maximum absolute atomic E-state index is 13.5. The Morgan fingerprint density at radius 2 is 1.79 bits per heavy atom. The van der Waals surface area contributed by atoms with Crippen LogP contribution in [0.15, 0.2) is 67.1 Å². The zero-order valence-corrected chi connectivity index (χ0v) is 17.9. The third kappa shape index (κ3) is 4.97. The second-order valence-electron chi connectivity index (χ2n) is 7.61. The number of benzene rings is 1. The molecule has 1 aromatic carbocycles. The number of hydrogen-bond donors (Lipinski definition) is 0. The third-order valence-corrected chi connectivity index (χ3v) is 5.25. The van der Waals surface area contributed by atoms with Crippen molar-refractivity contribution in [2.45, 2.75) is 32.6 Å². The highest BCUT2D eigenvalue weighted by Gasteiger charge is 2.31. The number of carbonyl (C=O) groups is 1. The molecule has 0 aliphatic heterocycles. The standard InChI is InChI=1S/C24H20F3N5O/c1-15-4-5-17-12-18(6-9-21(17)31-15)23(33)32(16(2)22-28-10-3-11-29-22)14-20-8-7-19(13-30-20)24(25,26)27/h3-13,16H,14H2,1-2H3/t16-/m1/s1. The van der Waals surface area contributed by atoms with E-state index in [1.807, 2.05) is 19.1 Å². The molecule has 0 saturated heterocycles. The van der Waals surface area contributed by atoms with Crippen molar-refractivity contribution in [1.82, 2.24) is 24.8 Å². The van der Waals surface area contributed by atoms with Gasteiger partial charge in [-0.25, -0.2) is 9.97 Å². The monoisotopic (exact) mass is 451 g/mol. The normalized spacial score (nSPS) is 12.5. The number of rotatable bonds is 5. The van der Waals surface area contributed by atoms with Crippen LogP contribution in [0, 0.1) is 6.92 Å². The summed E-state index contributed by atoms with van der Waals surface area (Å²) in [4.78, 5) is 31.9. The molecule has 168 valence electrons. The first-order valence-corrected chi connectivity index (χ1v) is 10.2. The Bertz CT molecular complexity index is 1280. The Morgan fingerprint density at radius 3 is 2.45 bits per heavy atom. The molecule has 0 fully saturated rings. The van der Waals surface area contributed by atoms with Crippen molar-refractivity contribution in [1.29, 1.82) is 0 Å². The van der Waals surface area contributed by atoms with Crippen LogP contribution in [0.25, 0.3) is 10.9 Å². The van der Waals surface area contributed by atoms with Gasteiger partial charge < -0.3 is 4.90 Å². The Labute approximate surface area is 188 Å². The van der Waals surface area contributed by atoms with Gasteiger partial charge in [-0.15, -0.1) is 0 Å². The SMILES string of the molecule is Cc1ccc2cc(C(=O)N(Cc3ccc(C(F)(F)F)cn3)[C@H](C)c3ncccn3)ccc2n1. The Hall–Kier alpha value is -3.88. The molecule has 0 N–H and O–H groups in total. The average Bonchev–Trinajstić information content (AvgIpc) is 2.81. The quantitative estimate of drug-likeness (QED) is 0.420. The molecule has 4 rings (SSSR count). The molecule has 0 saturated carbocycles. The highest BCUT2D eigenvalue weighted by molar-refractivity contribution is 5.98. The maximum atomic E-state index is 13.5. The molecule has 3 heterocycles. The molecule has 0 bridgehead atoms. The largest absolute Gasteiger partial charge is 0.417 e. The van der Waals surface area contributed by atoms with Gasteiger partial charge in [0.2, 0.25) is 0 Å². The summed E-state index contributed by atoms with van der Waals surface area (Å²) < 4.78 is 38.7. The summed E-state index contributed by atoms with van der Waals surface area (Å²) in [6.45, 7) is 3.64. The van der Waals surface area contributed by atoms with Gasteiger partial charge in [0.25, 0.3) is 5.91 Å². The molecule has 0 aliphatic rings.